The highest BCUT2D eigenvalue weighted by molar-refractivity contribution is 7.89. The number of amides is 3. The van der Waals surface area contributed by atoms with Gasteiger partial charge in [-0.25, -0.2) is 18.2 Å². The van der Waals surface area contributed by atoms with Gasteiger partial charge in [-0.15, -0.1) is 0 Å². The smallest absolute Gasteiger partial charge is 0.339 e. The number of likely N-dealkylation sites (tertiary alicyclic amines) is 1. The summed E-state index contributed by atoms with van der Waals surface area (Å²) in [5, 5.41) is 10.6. The number of hydrogen-bond acceptors (Lipinski definition) is 5. The van der Waals surface area contributed by atoms with E-state index in [9.17, 15) is 18.0 Å². The molecular weight excluding hydrogens is 588 g/mol. The third kappa shape index (κ3) is 8.25. The van der Waals surface area contributed by atoms with E-state index in [4.69, 9.17) is 11.1 Å². The fourth-order valence-corrected chi connectivity index (χ4v) is 6.63. The van der Waals surface area contributed by atoms with Crippen molar-refractivity contribution in [2.24, 2.45) is 5.73 Å². The Morgan fingerprint density at radius 3 is 2.13 bits per heavy atom. The van der Waals surface area contributed by atoms with Crippen LogP contribution in [0.2, 0.25) is 0 Å². The summed E-state index contributed by atoms with van der Waals surface area (Å²) < 4.78 is 29.9. The molecule has 4 aromatic rings. The number of nitrogens with one attached hydrogen (secondary N) is 3. The Morgan fingerprint density at radius 2 is 1.47 bits per heavy atom. The molecular formula is C34H38N6O4S. The molecule has 0 spiro atoms. The van der Waals surface area contributed by atoms with Crippen LogP contribution in [0, 0.1) is 5.41 Å². The van der Waals surface area contributed by atoms with Gasteiger partial charge in [0.2, 0.25) is 10.0 Å². The number of nitrogen functional groups attached to an aromatic ring is 1. The molecule has 5 rings (SSSR count). The predicted molar refractivity (Wildman–Crippen MR) is 175 cm³/mol. The van der Waals surface area contributed by atoms with Crippen molar-refractivity contribution < 1.29 is 18.0 Å². The van der Waals surface area contributed by atoms with Crippen LogP contribution in [0.4, 0.5) is 4.79 Å². The van der Waals surface area contributed by atoms with Gasteiger partial charge in [-0.3, -0.25) is 15.6 Å². The lowest BCUT2D eigenvalue weighted by molar-refractivity contribution is -0.126. The summed E-state index contributed by atoms with van der Waals surface area (Å²) in [6.45, 7) is 1.17. The molecule has 234 valence electrons. The van der Waals surface area contributed by atoms with E-state index in [0.29, 0.717) is 24.2 Å². The molecule has 1 aliphatic rings. The van der Waals surface area contributed by atoms with Crippen molar-refractivity contribution in [3.63, 3.8) is 0 Å². The number of benzene rings is 4. The summed E-state index contributed by atoms with van der Waals surface area (Å²) in [5.74, 6) is -0.735. The summed E-state index contributed by atoms with van der Waals surface area (Å²) >= 11 is 0. The summed E-state index contributed by atoms with van der Waals surface area (Å²) in [6, 6.07) is 26.7. The molecule has 1 atom stereocenters. The molecule has 0 saturated carbocycles. The summed E-state index contributed by atoms with van der Waals surface area (Å²) in [5.41, 5.74) is 10.4. The highest BCUT2D eigenvalue weighted by atomic mass is 32.2. The van der Waals surface area contributed by atoms with E-state index < -0.39 is 22.0 Å². The van der Waals surface area contributed by atoms with Crippen molar-refractivity contribution in [3.05, 3.63) is 114 Å². The molecule has 3 amide bonds. The molecule has 0 bridgehead atoms. The van der Waals surface area contributed by atoms with Gasteiger partial charge in [0.15, 0.2) is 0 Å². The number of amidine groups is 1. The molecule has 10 nitrogen and oxygen atoms in total. The molecule has 11 heteroatoms. The number of rotatable bonds is 9. The Bertz CT molecular complexity index is 1750. The van der Waals surface area contributed by atoms with Crippen LogP contribution in [0.25, 0.3) is 10.8 Å². The number of fused-ring (bicyclic) bond motifs is 1. The fourth-order valence-electron chi connectivity index (χ4n) is 5.40. The van der Waals surface area contributed by atoms with Crippen LogP contribution in [0.15, 0.2) is 102 Å². The predicted octanol–water partition coefficient (Wildman–Crippen LogP) is 4.54. The van der Waals surface area contributed by atoms with E-state index >= 15 is 0 Å². The fraction of sp³-hybridized carbons (Fsp3) is 0.265. The maximum atomic E-state index is 14.0. The van der Waals surface area contributed by atoms with Gasteiger partial charge in [-0.2, -0.15) is 4.72 Å². The van der Waals surface area contributed by atoms with Gasteiger partial charge in [0, 0.05) is 18.7 Å². The minimum atomic E-state index is -4.13. The van der Waals surface area contributed by atoms with Crippen molar-refractivity contribution in [1.29, 1.82) is 5.41 Å². The zero-order chi connectivity index (χ0) is 31.8. The van der Waals surface area contributed by atoms with Crippen LogP contribution in [-0.2, 0) is 27.8 Å². The molecule has 1 unspecified atom stereocenters. The second-order valence-corrected chi connectivity index (χ2v) is 12.9. The monoisotopic (exact) mass is 626 g/mol. The topological polar surface area (TPSA) is 149 Å². The van der Waals surface area contributed by atoms with E-state index in [1.807, 2.05) is 54.6 Å². The van der Waals surface area contributed by atoms with Crippen LogP contribution in [0.5, 0.6) is 0 Å². The molecule has 4 aromatic carbocycles. The molecule has 1 fully saturated rings. The zero-order valence-electron chi connectivity index (χ0n) is 25.0. The number of hydrazine groups is 1. The van der Waals surface area contributed by atoms with Gasteiger partial charge in [-0.1, -0.05) is 97.8 Å². The Labute approximate surface area is 263 Å². The first-order chi connectivity index (χ1) is 21.7. The number of nitrogens with zero attached hydrogens (tertiary/aromatic N) is 2. The van der Waals surface area contributed by atoms with Crippen LogP contribution in [-0.4, -0.2) is 55.2 Å². The standard InChI is InChI=1S/C34H38N6O4S/c35-32(36)28-16-14-26(15-17-28)24-40(34(42)39-20-8-1-2-9-21-39)37-33(41)31(22-25-10-4-3-5-11-25)38-45(43,44)30-19-18-27-12-6-7-13-29(27)23-30/h3-7,10-19,23,31,38H,1-2,8-9,20-22,24H2,(H3,35,36)(H,37,41). The average Bonchev–Trinajstić information content (AvgIpc) is 3.34. The van der Waals surface area contributed by atoms with Gasteiger partial charge in [-0.05, 0) is 53.3 Å². The molecule has 0 aliphatic carbocycles. The molecule has 1 saturated heterocycles. The Morgan fingerprint density at radius 1 is 0.822 bits per heavy atom. The number of carbonyl (C=O) groups excluding carboxylic acids is 2. The number of nitrogens with two attached hydrogens (primary N) is 1. The van der Waals surface area contributed by atoms with Gasteiger partial charge in [0.1, 0.15) is 11.9 Å². The zero-order valence-corrected chi connectivity index (χ0v) is 25.8. The molecule has 5 N–H and O–H groups in total. The summed E-state index contributed by atoms with van der Waals surface area (Å²) in [7, 11) is -4.13. The number of sulfonamides is 1. The van der Waals surface area contributed by atoms with Crippen molar-refractivity contribution in [1.82, 2.24) is 20.1 Å². The number of urea groups is 1. The maximum Gasteiger partial charge on any atom is 0.339 e. The van der Waals surface area contributed by atoms with Crippen LogP contribution < -0.4 is 15.9 Å². The van der Waals surface area contributed by atoms with E-state index in [-0.39, 0.29) is 29.7 Å². The van der Waals surface area contributed by atoms with Crippen molar-refractivity contribution in [3.8, 4) is 0 Å². The van der Waals surface area contributed by atoms with Crippen molar-refractivity contribution in [2.45, 2.75) is 49.6 Å². The van der Waals surface area contributed by atoms with Gasteiger partial charge in [0.25, 0.3) is 5.91 Å². The first-order valence-electron chi connectivity index (χ1n) is 15.0. The van der Waals surface area contributed by atoms with E-state index in [1.54, 1.807) is 41.3 Å². The quantitative estimate of drug-likeness (QED) is 0.122. The van der Waals surface area contributed by atoms with Crippen molar-refractivity contribution in [2.75, 3.05) is 13.1 Å². The van der Waals surface area contributed by atoms with E-state index in [2.05, 4.69) is 10.1 Å². The average molecular weight is 627 g/mol. The molecule has 0 aromatic heterocycles. The number of hydrogen-bond donors (Lipinski definition) is 4. The van der Waals surface area contributed by atoms with E-state index in [0.717, 1.165) is 42.0 Å². The summed E-state index contributed by atoms with van der Waals surface area (Å²) in [4.78, 5) is 29.6. The van der Waals surface area contributed by atoms with Crippen LogP contribution >= 0.6 is 0 Å². The minimum Gasteiger partial charge on any atom is -0.384 e. The van der Waals surface area contributed by atoms with Crippen molar-refractivity contribution >= 4 is 38.6 Å². The Kier molecular flexibility index (Phi) is 10.1. The SMILES string of the molecule is N=C(N)c1ccc(CN(NC(=O)C(Cc2ccccc2)NS(=O)(=O)c2ccc3ccccc3c2)C(=O)N2CCCCCC2)cc1. The lowest BCUT2D eigenvalue weighted by Crippen LogP contribution is -2.57. The van der Waals surface area contributed by atoms with E-state index in [1.165, 1.54) is 11.1 Å². The first kappa shape index (κ1) is 31.7. The largest absolute Gasteiger partial charge is 0.384 e. The van der Waals surface area contributed by atoms with Gasteiger partial charge < -0.3 is 10.6 Å². The highest BCUT2D eigenvalue weighted by Gasteiger charge is 2.30. The van der Waals surface area contributed by atoms with Crippen LogP contribution in [0.3, 0.4) is 0 Å². The molecule has 1 aliphatic heterocycles. The summed E-state index contributed by atoms with van der Waals surface area (Å²) in [6.07, 6.45) is 3.85. The highest BCUT2D eigenvalue weighted by Crippen LogP contribution is 2.20. The van der Waals surface area contributed by atoms with Gasteiger partial charge in [0.05, 0.1) is 11.4 Å². The lowest BCUT2D eigenvalue weighted by Gasteiger charge is -2.31. The maximum absolute atomic E-state index is 14.0. The normalized spacial score (nSPS) is 14.4. The molecule has 45 heavy (non-hydrogen) atoms. The number of carbonyl (C=O) groups is 2. The minimum absolute atomic E-state index is 0.0364. The third-order valence-corrected chi connectivity index (χ3v) is 9.36. The molecule has 1 heterocycles. The second kappa shape index (κ2) is 14.4. The molecule has 0 radical (unpaired) electrons. The van der Waals surface area contributed by atoms with Gasteiger partial charge >= 0.3 is 6.03 Å². The first-order valence-corrected chi connectivity index (χ1v) is 16.5. The Hall–Kier alpha value is -4.74. The Balaban J connectivity index is 1.43. The lowest BCUT2D eigenvalue weighted by atomic mass is 10.1. The van der Waals surface area contributed by atoms with Crippen LogP contribution in [0.1, 0.15) is 42.4 Å². The third-order valence-electron chi connectivity index (χ3n) is 7.89. The second-order valence-electron chi connectivity index (χ2n) is 11.2.